The molecule has 0 aliphatic rings. The van der Waals surface area contributed by atoms with E-state index in [2.05, 4.69) is 5.32 Å². The van der Waals surface area contributed by atoms with E-state index >= 15 is 0 Å². The Labute approximate surface area is 111 Å². The van der Waals surface area contributed by atoms with Gasteiger partial charge in [0.2, 0.25) is 0 Å². The van der Waals surface area contributed by atoms with Crippen LogP contribution in [0.3, 0.4) is 0 Å². The van der Waals surface area contributed by atoms with E-state index in [1.165, 1.54) is 6.07 Å². The van der Waals surface area contributed by atoms with Gasteiger partial charge in [0.15, 0.2) is 0 Å². The molecule has 0 aliphatic heterocycles. The van der Waals surface area contributed by atoms with E-state index in [1.54, 1.807) is 19.2 Å². The van der Waals surface area contributed by atoms with Gasteiger partial charge in [0.25, 0.3) is 0 Å². The lowest BCUT2D eigenvalue weighted by molar-refractivity contribution is 0.407. The molecule has 0 amide bonds. The molecule has 2 aromatic carbocycles. The zero-order valence-corrected chi connectivity index (χ0v) is 10.7. The van der Waals surface area contributed by atoms with Gasteiger partial charge in [-0.05, 0) is 24.3 Å². The zero-order chi connectivity index (χ0) is 13.0. The number of phenolic OH excluding ortho intramolecular Hbond substituents is 1. The van der Waals surface area contributed by atoms with Crippen LogP contribution in [0.25, 0.3) is 0 Å². The maximum absolute atomic E-state index is 9.40. The number of hydrogen-bond acceptors (Lipinski definition) is 3. The Bertz CT molecular complexity index is 555. The van der Waals surface area contributed by atoms with Crippen LogP contribution in [0.15, 0.2) is 48.5 Å². The first kappa shape index (κ1) is 12.4. The maximum Gasteiger partial charge on any atom is 0.132 e. The van der Waals surface area contributed by atoms with Gasteiger partial charge in [-0.15, -0.1) is 0 Å². The first-order chi connectivity index (χ1) is 8.70. The minimum absolute atomic E-state index is 0.151. The molecule has 2 N–H and O–H groups in total. The quantitative estimate of drug-likeness (QED) is 0.831. The molecule has 92 valence electrons. The third-order valence-electron chi connectivity index (χ3n) is 2.46. The molecule has 18 heavy (non-hydrogen) atoms. The lowest BCUT2D eigenvalue weighted by atomic mass is 10.2. The normalized spacial score (nSPS) is 9.83. The minimum Gasteiger partial charge on any atom is -0.508 e. The van der Waals surface area contributed by atoms with Crippen LogP contribution in [0.1, 0.15) is 5.56 Å². The van der Waals surface area contributed by atoms with Crippen molar-refractivity contribution in [2.24, 2.45) is 0 Å². The number of nitrogens with one attached hydrogen (secondary N) is 1. The third-order valence-corrected chi connectivity index (χ3v) is 2.78. The van der Waals surface area contributed by atoms with Crippen LogP contribution in [-0.2, 0) is 0 Å². The number of aromatic hydroxyl groups is 1. The van der Waals surface area contributed by atoms with Crippen molar-refractivity contribution in [3.05, 3.63) is 54.1 Å². The number of rotatable bonds is 3. The molecule has 0 aromatic heterocycles. The van der Waals surface area contributed by atoms with Gasteiger partial charge in [0, 0.05) is 11.8 Å². The van der Waals surface area contributed by atoms with E-state index in [0.29, 0.717) is 10.7 Å². The van der Waals surface area contributed by atoms with Gasteiger partial charge in [-0.3, -0.25) is 0 Å². The SMILES string of the molecule is COc1cc(O)ccc1C(=S)Nc1ccccc1. The highest BCUT2D eigenvalue weighted by atomic mass is 32.1. The predicted molar refractivity (Wildman–Crippen MR) is 76.4 cm³/mol. The Hall–Kier alpha value is -2.07. The largest absolute Gasteiger partial charge is 0.508 e. The van der Waals surface area contributed by atoms with Gasteiger partial charge in [-0.25, -0.2) is 0 Å². The topological polar surface area (TPSA) is 41.5 Å². The van der Waals surface area contributed by atoms with Gasteiger partial charge in [-0.1, -0.05) is 30.4 Å². The Kier molecular flexibility index (Phi) is 3.79. The molecule has 0 saturated carbocycles. The average Bonchev–Trinajstić information content (AvgIpc) is 2.39. The fourth-order valence-electron chi connectivity index (χ4n) is 1.59. The highest BCUT2D eigenvalue weighted by Gasteiger charge is 2.09. The summed E-state index contributed by atoms with van der Waals surface area (Å²) in [4.78, 5) is 0.554. The van der Waals surface area contributed by atoms with Gasteiger partial charge >= 0.3 is 0 Å². The molecule has 0 fully saturated rings. The van der Waals surface area contributed by atoms with Crippen molar-refractivity contribution < 1.29 is 9.84 Å². The Balaban J connectivity index is 2.24. The molecule has 0 saturated heterocycles. The summed E-state index contributed by atoms with van der Waals surface area (Å²) in [6.45, 7) is 0. The Morgan fingerprint density at radius 2 is 1.89 bits per heavy atom. The molecule has 0 aliphatic carbocycles. The molecule has 4 heteroatoms. The number of para-hydroxylation sites is 1. The van der Waals surface area contributed by atoms with Gasteiger partial charge < -0.3 is 15.2 Å². The zero-order valence-electron chi connectivity index (χ0n) is 9.88. The summed E-state index contributed by atoms with van der Waals surface area (Å²) >= 11 is 5.33. The summed E-state index contributed by atoms with van der Waals surface area (Å²) < 4.78 is 5.20. The van der Waals surface area contributed by atoms with Gasteiger partial charge in [0.05, 0.1) is 12.7 Å². The van der Waals surface area contributed by atoms with Crippen molar-refractivity contribution in [1.29, 1.82) is 0 Å². The molecular formula is C14H13NO2S. The number of anilines is 1. The van der Waals surface area contributed by atoms with Crippen LogP contribution in [0, 0.1) is 0 Å². The highest BCUT2D eigenvalue weighted by Crippen LogP contribution is 2.25. The second kappa shape index (κ2) is 5.51. The minimum atomic E-state index is 0.151. The number of thiocarbonyl (C=S) groups is 1. The van der Waals surface area contributed by atoms with Gasteiger partial charge in [-0.2, -0.15) is 0 Å². The molecule has 0 heterocycles. The molecule has 0 atom stereocenters. The summed E-state index contributed by atoms with van der Waals surface area (Å²) in [5.74, 6) is 0.696. The lowest BCUT2D eigenvalue weighted by Crippen LogP contribution is -2.11. The summed E-state index contributed by atoms with van der Waals surface area (Å²) in [5, 5.41) is 12.5. The van der Waals surface area contributed by atoms with E-state index in [9.17, 15) is 5.11 Å². The smallest absolute Gasteiger partial charge is 0.132 e. The first-order valence-corrected chi connectivity index (χ1v) is 5.85. The van der Waals surface area contributed by atoms with Crippen molar-refractivity contribution in [1.82, 2.24) is 0 Å². The molecule has 0 unspecified atom stereocenters. The van der Waals surface area contributed by atoms with E-state index in [-0.39, 0.29) is 5.75 Å². The predicted octanol–water partition coefficient (Wildman–Crippen LogP) is 3.19. The second-order valence-electron chi connectivity index (χ2n) is 3.70. The lowest BCUT2D eigenvalue weighted by Gasteiger charge is -2.12. The molecule has 0 bridgehead atoms. The Morgan fingerprint density at radius 1 is 1.17 bits per heavy atom. The van der Waals surface area contributed by atoms with Crippen molar-refractivity contribution in [2.45, 2.75) is 0 Å². The summed E-state index contributed by atoms with van der Waals surface area (Å²) in [6.07, 6.45) is 0. The van der Waals surface area contributed by atoms with Crippen molar-refractivity contribution >= 4 is 22.9 Å². The molecule has 2 rings (SSSR count). The molecule has 3 nitrogen and oxygen atoms in total. The van der Waals surface area contributed by atoms with Crippen LogP contribution in [-0.4, -0.2) is 17.2 Å². The molecule has 0 radical (unpaired) electrons. The third kappa shape index (κ3) is 2.78. The maximum atomic E-state index is 9.40. The van der Waals surface area contributed by atoms with Crippen molar-refractivity contribution in [3.63, 3.8) is 0 Å². The molecule has 0 spiro atoms. The van der Waals surface area contributed by atoms with E-state index in [1.807, 2.05) is 30.3 Å². The number of phenols is 1. The fourth-order valence-corrected chi connectivity index (χ4v) is 1.87. The van der Waals surface area contributed by atoms with Crippen LogP contribution in [0.2, 0.25) is 0 Å². The van der Waals surface area contributed by atoms with Crippen LogP contribution < -0.4 is 10.1 Å². The number of ether oxygens (including phenoxy) is 1. The van der Waals surface area contributed by atoms with Crippen molar-refractivity contribution in [3.8, 4) is 11.5 Å². The Morgan fingerprint density at radius 3 is 2.56 bits per heavy atom. The van der Waals surface area contributed by atoms with Crippen LogP contribution in [0.4, 0.5) is 5.69 Å². The number of benzene rings is 2. The van der Waals surface area contributed by atoms with Crippen LogP contribution >= 0.6 is 12.2 Å². The number of hydrogen-bond donors (Lipinski definition) is 2. The van der Waals surface area contributed by atoms with E-state index in [4.69, 9.17) is 17.0 Å². The molecular weight excluding hydrogens is 246 g/mol. The van der Waals surface area contributed by atoms with E-state index in [0.717, 1.165) is 11.3 Å². The summed E-state index contributed by atoms with van der Waals surface area (Å²) in [6, 6.07) is 14.5. The standard InChI is InChI=1S/C14H13NO2S/c1-17-13-9-11(16)7-8-12(13)14(18)15-10-5-3-2-4-6-10/h2-9,16H,1H3,(H,15,18). The first-order valence-electron chi connectivity index (χ1n) is 5.44. The average molecular weight is 259 g/mol. The van der Waals surface area contributed by atoms with E-state index < -0.39 is 0 Å². The van der Waals surface area contributed by atoms with Crippen molar-refractivity contribution in [2.75, 3.05) is 12.4 Å². The monoisotopic (exact) mass is 259 g/mol. The second-order valence-corrected chi connectivity index (χ2v) is 4.11. The fraction of sp³-hybridized carbons (Fsp3) is 0.0714. The number of methoxy groups -OCH3 is 1. The highest BCUT2D eigenvalue weighted by molar-refractivity contribution is 7.81. The van der Waals surface area contributed by atoms with Gasteiger partial charge in [0.1, 0.15) is 16.5 Å². The summed E-state index contributed by atoms with van der Waals surface area (Å²) in [7, 11) is 1.55. The summed E-state index contributed by atoms with van der Waals surface area (Å²) in [5.41, 5.74) is 1.66. The van der Waals surface area contributed by atoms with Crippen LogP contribution in [0.5, 0.6) is 11.5 Å². The molecule has 2 aromatic rings.